The highest BCUT2D eigenvalue weighted by molar-refractivity contribution is 5.31. The fourth-order valence-corrected chi connectivity index (χ4v) is 1.63. The van der Waals surface area contributed by atoms with Crippen molar-refractivity contribution >= 4 is 5.95 Å². The molecule has 0 aliphatic rings. The van der Waals surface area contributed by atoms with Crippen molar-refractivity contribution in [2.75, 3.05) is 11.9 Å². The molecule has 0 aliphatic heterocycles. The van der Waals surface area contributed by atoms with Crippen molar-refractivity contribution in [3.05, 3.63) is 17.5 Å². The van der Waals surface area contributed by atoms with Gasteiger partial charge in [0, 0.05) is 23.5 Å². The third kappa shape index (κ3) is 3.45. The third-order valence-electron chi connectivity index (χ3n) is 2.84. The van der Waals surface area contributed by atoms with Gasteiger partial charge in [0.05, 0.1) is 0 Å². The summed E-state index contributed by atoms with van der Waals surface area (Å²) < 4.78 is 0. The number of aliphatic hydroxyl groups excluding tert-OH is 1. The van der Waals surface area contributed by atoms with Gasteiger partial charge in [-0.2, -0.15) is 0 Å². The molecule has 0 fully saturated rings. The largest absolute Gasteiger partial charge is 0.396 e. The lowest BCUT2D eigenvalue weighted by Crippen LogP contribution is -2.35. The molecule has 1 aromatic rings. The van der Waals surface area contributed by atoms with Gasteiger partial charge in [-0.25, -0.2) is 9.97 Å². The molecule has 90 valence electrons. The highest BCUT2D eigenvalue weighted by atomic mass is 16.3. The number of nitrogens with zero attached hydrogens (tertiary/aromatic N) is 2. The molecular formula is C12H21N3O. The maximum atomic E-state index is 9.04. The first-order valence-electron chi connectivity index (χ1n) is 5.70. The maximum absolute atomic E-state index is 9.04. The normalized spacial score (nSPS) is 14.6. The van der Waals surface area contributed by atoms with Crippen LogP contribution in [0, 0.1) is 13.8 Å². The zero-order chi connectivity index (χ0) is 12.2. The van der Waals surface area contributed by atoms with Crippen molar-refractivity contribution in [2.24, 2.45) is 0 Å². The topological polar surface area (TPSA) is 58.0 Å². The molecular weight excluding hydrogens is 202 g/mol. The second kappa shape index (κ2) is 5.25. The van der Waals surface area contributed by atoms with E-state index in [1.165, 1.54) is 0 Å². The van der Waals surface area contributed by atoms with E-state index in [4.69, 9.17) is 5.11 Å². The van der Waals surface area contributed by atoms with Crippen molar-refractivity contribution in [3.63, 3.8) is 0 Å². The standard InChI is InChI=1S/C12H21N3O/c1-5-12(4,6-7-16)15-11-13-9(2)8-10(3)14-11/h8,16H,5-7H2,1-4H3,(H,13,14,15). The van der Waals surface area contributed by atoms with Crippen LogP contribution >= 0.6 is 0 Å². The highest BCUT2D eigenvalue weighted by Gasteiger charge is 2.22. The molecule has 1 heterocycles. The molecule has 4 nitrogen and oxygen atoms in total. The average Bonchev–Trinajstić information content (AvgIpc) is 2.16. The van der Waals surface area contributed by atoms with E-state index in [-0.39, 0.29) is 12.1 Å². The second-order valence-electron chi connectivity index (χ2n) is 4.49. The molecule has 0 saturated heterocycles. The van der Waals surface area contributed by atoms with E-state index in [0.29, 0.717) is 12.4 Å². The molecule has 0 saturated carbocycles. The molecule has 4 heteroatoms. The van der Waals surface area contributed by atoms with E-state index in [0.717, 1.165) is 17.8 Å². The smallest absolute Gasteiger partial charge is 0.223 e. The van der Waals surface area contributed by atoms with E-state index in [1.807, 2.05) is 19.9 Å². The average molecular weight is 223 g/mol. The van der Waals surface area contributed by atoms with Gasteiger partial charge in [-0.1, -0.05) is 6.92 Å². The van der Waals surface area contributed by atoms with E-state index in [1.54, 1.807) is 0 Å². The maximum Gasteiger partial charge on any atom is 0.223 e. The Bertz CT molecular complexity index is 334. The van der Waals surface area contributed by atoms with Gasteiger partial charge in [0.2, 0.25) is 5.95 Å². The van der Waals surface area contributed by atoms with Gasteiger partial charge in [0.25, 0.3) is 0 Å². The number of rotatable bonds is 5. The number of anilines is 1. The summed E-state index contributed by atoms with van der Waals surface area (Å²) in [6.45, 7) is 8.24. The number of nitrogens with one attached hydrogen (secondary N) is 1. The third-order valence-corrected chi connectivity index (χ3v) is 2.84. The Morgan fingerprint density at radius 3 is 2.31 bits per heavy atom. The van der Waals surface area contributed by atoms with E-state index in [9.17, 15) is 0 Å². The molecule has 0 amide bonds. The summed E-state index contributed by atoms with van der Waals surface area (Å²) >= 11 is 0. The summed E-state index contributed by atoms with van der Waals surface area (Å²) in [5.74, 6) is 0.648. The summed E-state index contributed by atoms with van der Waals surface area (Å²) in [5, 5.41) is 12.3. The van der Waals surface area contributed by atoms with Crippen LogP contribution in [0.25, 0.3) is 0 Å². The molecule has 0 bridgehead atoms. The van der Waals surface area contributed by atoms with Crippen LogP contribution in [0.2, 0.25) is 0 Å². The number of hydrogen-bond acceptors (Lipinski definition) is 4. The van der Waals surface area contributed by atoms with Crippen LogP contribution in [-0.4, -0.2) is 27.2 Å². The minimum Gasteiger partial charge on any atom is -0.396 e. The molecule has 0 aliphatic carbocycles. The van der Waals surface area contributed by atoms with Crippen LogP contribution in [0.4, 0.5) is 5.95 Å². The lowest BCUT2D eigenvalue weighted by molar-refractivity contribution is 0.251. The van der Waals surface area contributed by atoms with Gasteiger partial charge >= 0.3 is 0 Å². The Kier molecular flexibility index (Phi) is 4.24. The summed E-state index contributed by atoms with van der Waals surface area (Å²) in [5.41, 5.74) is 1.77. The van der Waals surface area contributed by atoms with Crippen molar-refractivity contribution in [1.82, 2.24) is 9.97 Å². The first-order chi connectivity index (χ1) is 7.49. The molecule has 1 aromatic heterocycles. The molecule has 0 radical (unpaired) electrons. The number of aliphatic hydroxyl groups is 1. The Balaban J connectivity index is 2.85. The summed E-state index contributed by atoms with van der Waals surface area (Å²) in [6.07, 6.45) is 1.61. The van der Waals surface area contributed by atoms with Crippen LogP contribution in [0.1, 0.15) is 38.1 Å². The molecule has 0 aromatic carbocycles. The van der Waals surface area contributed by atoms with E-state index in [2.05, 4.69) is 29.1 Å². The van der Waals surface area contributed by atoms with Gasteiger partial charge in [-0.05, 0) is 39.7 Å². The van der Waals surface area contributed by atoms with Crippen LogP contribution in [0.5, 0.6) is 0 Å². The Hall–Kier alpha value is -1.16. The van der Waals surface area contributed by atoms with Gasteiger partial charge in [-0.15, -0.1) is 0 Å². The van der Waals surface area contributed by atoms with E-state index < -0.39 is 0 Å². The lowest BCUT2D eigenvalue weighted by Gasteiger charge is -2.29. The first-order valence-corrected chi connectivity index (χ1v) is 5.70. The lowest BCUT2D eigenvalue weighted by atomic mass is 9.95. The predicted molar refractivity (Wildman–Crippen MR) is 65.5 cm³/mol. The fraction of sp³-hybridized carbons (Fsp3) is 0.667. The minimum atomic E-state index is -0.144. The first kappa shape index (κ1) is 12.9. The van der Waals surface area contributed by atoms with Crippen LogP contribution in [0.3, 0.4) is 0 Å². The molecule has 0 spiro atoms. The highest BCUT2D eigenvalue weighted by Crippen LogP contribution is 2.19. The predicted octanol–water partition coefficient (Wildman–Crippen LogP) is 2.06. The number of aromatic nitrogens is 2. The summed E-state index contributed by atoms with van der Waals surface area (Å²) in [4.78, 5) is 8.69. The quantitative estimate of drug-likeness (QED) is 0.802. The number of aryl methyl sites for hydroxylation is 2. The zero-order valence-corrected chi connectivity index (χ0v) is 10.5. The van der Waals surface area contributed by atoms with Crippen LogP contribution < -0.4 is 5.32 Å². The zero-order valence-electron chi connectivity index (χ0n) is 10.5. The van der Waals surface area contributed by atoms with E-state index >= 15 is 0 Å². The van der Waals surface area contributed by atoms with Crippen LogP contribution in [-0.2, 0) is 0 Å². The monoisotopic (exact) mass is 223 g/mol. The van der Waals surface area contributed by atoms with Gasteiger partial charge < -0.3 is 10.4 Å². The van der Waals surface area contributed by atoms with Crippen LogP contribution in [0.15, 0.2) is 6.07 Å². The molecule has 16 heavy (non-hydrogen) atoms. The minimum absolute atomic E-state index is 0.144. The summed E-state index contributed by atoms with van der Waals surface area (Å²) in [7, 11) is 0. The van der Waals surface area contributed by atoms with Gasteiger partial charge in [0.1, 0.15) is 0 Å². The van der Waals surface area contributed by atoms with Crippen molar-refractivity contribution in [2.45, 2.75) is 46.1 Å². The molecule has 1 unspecified atom stereocenters. The van der Waals surface area contributed by atoms with Crippen molar-refractivity contribution < 1.29 is 5.11 Å². The second-order valence-corrected chi connectivity index (χ2v) is 4.49. The van der Waals surface area contributed by atoms with Gasteiger partial charge in [0.15, 0.2) is 0 Å². The summed E-state index contributed by atoms with van der Waals surface area (Å²) in [6, 6.07) is 1.94. The Morgan fingerprint density at radius 1 is 1.31 bits per heavy atom. The Labute approximate surface area is 97.1 Å². The number of hydrogen-bond donors (Lipinski definition) is 2. The van der Waals surface area contributed by atoms with Gasteiger partial charge in [-0.3, -0.25) is 0 Å². The molecule has 1 rings (SSSR count). The SMILES string of the molecule is CCC(C)(CCO)Nc1nc(C)cc(C)n1. The fourth-order valence-electron chi connectivity index (χ4n) is 1.63. The molecule has 1 atom stereocenters. The molecule has 2 N–H and O–H groups in total. The van der Waals surface area contributed by atoms with Crippen molar-refractivity contribution in [3.8, 4) is 0 Å². The Morgan fingerprint density at radius 2 is 1.88 bits per heavy atom. The van der Waals surface area contributed by atoms with Crippen molar-refractivity contribution in [1.29, 1.82) is 0 Å².